The third-order valence-electron chi connectivity index (χ3n) is 5.72. The van der Waals surface area contributed by atoms with Gasteiger partial charge in [-0.25, -0.2) is 8.42 Å². The average molecular weight is 442 g/mol. The predicted octanol–water partition coefficient (Wildman–Crippen LogP) is 2.93. The third-order valence-corrected chi connectivity index (χ3v) is 6.85. The van der Waals surface area contributed by atoms with Crippen LogP contribution in [0.25, 0.3) is 6.08 Å². The van der Waals surface area contributed by atoms with Crippen molar-refractivity contribution in [2.45, 2.75) is 13.8 Å². The second-order valence-corrected chi connectivity index (χ2v) is 9.89. The van der Waals surface area contributed by atoms with Gasteiger partial charge in [0.2, 0.25) is 15.9 Å². The Kier molecular flexibility index (Phi) is 7.51. The van der Waals surface area contributed by atoms with Crippen molar-refractivity contribution in [1.82, 2.24) is 9.80 Å². The molecule has 1 fully saturated rings. The molecule has 0 unspecified atom stereocenters. The molecule has 1 heterocycles. The molecule has 166 valence electrons. The summed E-state index contributed by atoms with van der Waals surface area (Å²) in [7, 11) is -3.57. The van der Waals surface area contributed by atoms with E-state index in [1.165, 1.54) is 9.87 Å². The minimum Gasteiger partial charge on any atom is -0.339 e. The van der Waals surface area contributed by atoms with Gasteiger partial charge in [0.1, 0.15) is 6.54 Å². The summed E-state index contributed by atoms with van der Waals surface area (Å²) in [6.07, 6.45) is 5.39. The lowest BCUT2D eigenvalue weighted by Gasteiger charge is -2.35. The molecule has 6 nitrogen and oxygen atoms in total. The number of hydrogen-bond acceptors (Lipinski definition) is 4. The van der Waals surface area contributed by atoms with Gasteiger partial charge in [-0.1, -0.05) is 54.6 Å². The maximum Gasteiger partial charge on any atom is 0.243 e. The fourth-order valence-electron chi connectivity index (χ4n) is 3.69. The lowest BCUT2D eigenvalue weighted by atomic mass is 10.1. The monoisotopic (exact) mass is 441 g/mol. The van der Waals surface area contributed by atoms with Gasteiger partial charge in [-0.3, -0.25) is 14.0 Å². The Morgan fingerprint density at radius 3 is 2.32 bits per heavy atom. The van der Waals surface area contributed by atoms with Crippen LogP contribution in [0.15, 0.2) is 54.6 Å². The van der Waals surface area contributed by atoms with Crippen LogP contribution in [0.2, 0.25) is 0 Å². The zero-order valence-corrected chi connectivity index (χ0v) is 19.3. The third kappa shape index (κ3) is 6.18. The van der Waals surface area contributed by atoms with Crippen LogP contribution in [0.5, 0.6) is 0 Å². The zero-order valence-electron chi connectivity index (χ0n) is 18.5. The Morgan fingerprint density at radius 2 is 1.68 bits per heavy atom. The van der Waals surface area contributed by atoms with E-state index in [2.05, 4.69) is 29.2 Å². The summed E-state index contributed by atoms with van der Waals surface area (Å²) in [6.45, 7) is 7.22. The highest BCUT2D eigenvalue weighted by Crippen LogP contribution is 2.25. The van der Waals surface area contributed by atoms with E-state index in [9.17, 15) is 13.2 Å². The van der Waals surface area contributed by atoms with E-state index in [-0.39, 0.29) is 12.5 Å². The molecule has 1 aliphatic rings. The SMILES string of the molecule is Cc1cccc(N(CC(=O)N2CCN(CC=Cc3ccccc3)CC2)S(C)(=O)=O)c1C. The summed E-state index contributed by atoms with van der Waals surface area (Å²) in [5, 5.41) is 0. The molecule has 1 aliphatic heterocycles. The Hall–Kier alpha value is -2.64. The summed E-state index contributed by atoms with van der Waals surface area (Å²) in [5.74, 6) is -0.161. The second-order valence-electron chi connectivity index (χ2n) is 7.98. The van der Waals surface area contributed by atoms with E-state index in [4.69, 9.17) is 0 Å². The number of nitrogens with zero attached hydrogens (tertiary/aromatic N) is 3. The average Bonchev–Trinajstić information content (AvgIpc) is 2.74. The number of aryl methyl sites for hydroxylation is 1. The first-order chi connectivity index (χ1) is 14.8. The first-order valence-corrected chi connectivity index (χ1v) is 12.4. The zero-order chi connectivity index (χ0) is 22.4. The van der Waals surface area contributed by atoms with Crippen LogP contribution in [-0.4, -0.2) is 69.6 Å². The molecular formula is C24H31N3O3S. The largest absolute Gasteiger partial charge is 0.339 e. The molecule has 0 spiro atoms. The number of carbonyl (C=O) groups excluding carboxylic acids is 1. The molecule has 0 aliphatic carbocycles. The van der Waals surface area contributed by atoms with Crippen molar-refractivity contribution in [3.05, 3.63) is 71.3 Å². The fraction of sp³-hybridized carbons (Fsp3) is 0.375. The van der Waals surface area contributed by atoms with Gasteiger partial charge in [0.05, 0.1) is 11.9 Å². The highest BCUT2D eigenvalue weighted by atomic mass is 32.2. The van der Waals surface area contributed by atoms with Crippen LogP contribution in [0, 0.1) is 13.8 Å². The van der Waals surface area contributed by atoms with Crippen LogP contribution >= 0.6 is 0 Å². The lowest BCUT2D eigenvalue weighted by molar-refractivity contribution is -0.131. The minimum absolute atomic E-state index is 0.161. The van der Waals surface area contributed by atoms with E-state index in [1.807, 2.05) is 44.2 Å². The normalized spacial score (nSPS) is 15.4. The van der Waals surface area contributed by atoms with Crippen LogP contribution < -0.4 is 4.31 Å². The van der Waals surface area contributed by atoms with Gasteiger partial charge >= 0.3 is 0 Å². The van der Waals surface area contributed by atoms with Gasteiger partial charge in [0.25, 0.3) is 0 Å². The molecule has 3 rings (SSSR count). The number of hydrogen-bond donors (Lipinski definition) is 0. The summed E-state index contributed by atoms with van der Waals surface area (Å²) in [6, 6.07) is 15.7. The summed E-state index contributed by atoms with van der Waals surface area (Å²) in [4.78, 5) is 17.0. The summed E-state index contributed by atoms with van der Waals surface area (Å²) in [5.41, 5.74) is 3.61. The van der Waals surface area contributed by atoms with Gasteiger partial charge in [-0.2, -0.15) is 0 Å². The van der Waals surface area contributed by atoms with Gasteiger partial charge in [0.15, 0.2) is 0 Å². The van der Waals surface area contributed by atoms with Crippen molar-refractivity contribution in [2.75, 3.05) is 49.8 Å². The molecule has 0 radical (unpaired) electrons. The Morgan fingerprint density at radius 1 is 1.00 bits per heavy atom. The van der Waals surface area contributed by atoms with Crippen molar-refractivity contribution in [2.24, 2.45) is 0 Å². The van der Waals surface area contributed by atoms with Gasteiger partial charge in [-0.15, -0.1) is 0 Å². The van der Waals surface area contributed by atoms with E-state index >= 15 is 0 Å². The van der Waals surface area contributed by atoms with Crippen molar-refractivity contribution < 1.29 is 13.2 Å². The topological polar surface area (TPSA) is 60.9 Å². The summed E-state index contributed by atoms with van der Waals surface area (Å²) >= 11 is 0. The molecule has 0 atom stereocenters. The quantitative estimate of drug-likeness (QED) is 0.663. The molecule has 0 aromatic heterocycles. The van der Waals surface area contributed by atoms with Gasteiger partial charge in [-0.05, 0) is 36.6 Å². The smallest absolute Gasteiger partial charge is 0.243 e. The summed E-state index contributed by atoms with van der Waals surface area (Å²) < 4.78 is 26.1. The molecule has 1 saturated heterocycles. The molecule has 31 heavy (non-hydrogen) atoms. The van der Waals surface area contributed by atoms with Crippen LogP contribution in [0.4, 0.5) is 5.69 Å². The first-order valence-electron chi connectivity index (χ1n) is 10.5. The first kappa shape index (κ1) is 23.0. The Labute approximate surface area is 185 Å². The van der Waals surface area contributed by atoms with Crippen molar-refractivity contribution in [3.63, 3.8) is 0 Å². The van der Waals surface area contributed by atoms with E-state index in [0.717, 1.165) is 37.0 Å². The maximum absolute atomic E-state index is 12.9. The molecule has 0 bridgehead atoms. The van der Waals surface area contributed by atoms with E-state index < -0.39 is 10.0 Å². The molecule has 2 aromatic rings. The predicted molar refractivity (Wildman–Crippen MR) is 127 cm³/mol. The van der Waals surface area contributed by atoms with Crippen LogP contribution in [0.3, 0.4) is 0 Å². The van der Waals surface area contributed by atoms with E-state index in [1.54, 1.807) is 11.0 Å². The molecule has 2 aromatic carbocycles. The molecular weight excluding hydrogens is 410 g/mol. The standard InChI is InChI=1S/C24H31N3O3S/c1-20-9-7-13-23(21(20)2)27(31(3,29)30)19-24(28)26-17-15-25(16-18-26)14-8-12-22-10-5-4-6-11-22/h4-13H,14-19H2,1-3H3. The van der Waals surface area contributed by atoms with Crippen molar-refractivity contribution in [3.8, 4) is 0 Å². The van der Waals surface area contributed by atoms with Crippen LogP contribution in [-0.2, 0) is 14.8 Å². The maximum atomic E-state index is 12.9. The van der Waals surface area contributed by atoms with Crippen LogP contribution in [0.1, 0.15) is 16.7 Å². The number of carbonyl (C=O) groups is 1. The number of piperazine rings is 1. The number of rotatable bonds is 7. The number of sulfonamides is 1. The number of benzene rings is 2. The Bertz CT molecular complexity index is 1030. The van der Waals surface area contributed by atoms with Crippen molar-refractivity contribution >= 4 is 27.7 Å². The molecule has 0 N–H and O–H groups in total. The molecule has 1 amide bonds. The Balaban J connectivity index is 1.58. The number of amides is 1. The highest BCUT2D eigenvalue weighted by molar-refractivity contribution is 7.92. The second kappa shape index (κ2) is 10.1. The molecule has 0 saturated carbocycles. The van der Waals surface area contributed by atoms with Crippen molar-refractivity contribution in [1.29, 1.82) is 0 Å². The highest BCUT2D eigenvalue weighted by Gasteiger charge is 2.27. The number of anilines is 1. The minimum atomic E-state index is -3.57. The van der Waals surface area contributed by atoms with Gasteiger partial charge < -0.3 is 4.90 Å². The van der Waals surface area contributed by atoms with Gasteiger partial charge in [0, 0.05) is 32.7 Å². The van der Waals surface area contributed by atoms with E-state index in [0.29, 0.717) is 18.8 Å². The fourth-order valence-corrected chi connectivity index (χ4v) is 4.59. The lowest BCUT2D eigenvalue weighted by Crippen LogP contribution is -2.51. The molecule has 7 heteroatoms.